The zero-order valence-electron chi connectivity index (χ0n) is 13.3. The van der Waals surface area contributed by atoms with Crippen molar-refractivity contribution >= 4 is 0 Å². The smallest absolute Gasteiger partial charge is 0.0841 e. The fourth-order valence-electron chi connectivity index (χ4n) is 2.62. The van der Waals surface area contributed by atoms with Gasteiger partial charge in [-0.1, -0.05) is 43.2 Å². The van der Waals surface area contributed by atoms with E-state index in [4.69, 9.17) is 4.74 Å². The van der Waals surface area contributed by atoms with Crippen LogP contribution in [0, 0.1) is 13.8 Å². The van der Waals surface area contributed by atoms with Gasteiger partial charge in [0.15, 0.2) is 0 Å². The van der Waals surface area contributed by atoms with Gasteiger partial charge in [0.1, 0.15) is 0 Å². The Labute approximate surface area is 118 Å². The molecule has 1 aromatic carbocycles. The topological polar surface area (TPSA) is 21.3 Å². The molecule has 0 aliphatic carbocycles. The van der Waals surface area contributed by atoms with E-state index in [9.17, 15) is 0 Å². The summed E-state index contributed by atoms with van der Waals surface area (Å²) < 4.78 is 5.82. The third-order valence-electron chi connectivity index (χ3n) is 3.95. The molecule has 1 aromatic rings. The summed E-state index contributed by atoms with van der Waals surface area (Å²) in [5.41, 5.74) is 3.79. The van der Waals surface area contributed by atoms with Crippen LogP contribution in [0.4, 0.5) is 0 Å². The molecule has 2 unspecified atom stereocenters. The molecule has 0 heterocycles. The van der Waals surface area contributed by atoms with E-state index in [-0.39, 0.29) is 11.6 Å². The largest absolute Gasteiger partial charge is 0.377 e. The predicted molar refractivity (Wildman–Crippen MR) is 82.7 cm³/mol. The minimum atomic E-state index is -0.171. The molecule has 2 nitrogen and oxygen atoms in total. The van der Waals surface area contributed by atoms with Crippen molar-refractivity contribution in [1.29, 1.82) is 0 Å². The molecular formula is C17H29NO. The van der Waals surface area contributed by atoms with Crippen LogP contribution in [0.2, 0.25) is 0 Å². The molecule has 0 saturated carbocycles. The fourth-order valence-corrected chi connectivity index (χ4v) is 2.62. The molecule has 2 atom stereocenters. The Morgan fingerprint density at radius 1 is 1.16 bits per heavy atom. The van der Waals surface area contributed by atoms with Gasteiger partial charge >= 0.3 is 0 Å². The van der Waals surface area contributed by atoms with Crippen LogP contribution >= 0.6 is 0 Å². The minimum Gasteiger partial charge on any atom is -0.377 e. The highest BCUT2D eigenvalue weighted by Crippen LogP contribution is 2.32. The lowest BCUT2D eigenvalue weighted by atomic mass is 9.86. The first-order valence-electron chi connectivity index (χ1n) is 7.33. The van der Waals surface area contributed by atoms with E-state index in [2.05, 4.69) is 58.1 Å². The van der Waals surface area contributed by atoms with Crippen LogP contribution in [0.5, 0.6) is 0 Å². The maximum absolute atomic E-state index is 5.82. The van der Waals surface area contributed by atoms with Crippen molar-refractivity contribution in [3.8, 4) is 0 Å². The summed E-state index contributed by atoms with van der Waals surface area (Å²) in [4.78, 5) is 0. The van der Waals surface area contributed by atoms with Gasteiger partial charge in [0.2, 0.25) is 0 Å². The number of rotatable bonds is 7. The number of nitrogens with one attached hydrogen (secondary N) is 1. The molecule has 0 saturated heterocycles. The summed E-state index contributed by atoms with van der Waals surface area (Å²) in [7, 11) is 1.81. The summed E-state index contributed by atoms with van der Waals surface area (Å²) in [5.74, 6) is 0. The van der Waals surface area contributed by atoms with Crippen molar-refractivity contribution in [2.45, 2.75) is 59.1 Å². The van der Waals surface area contributed by atoms with Crippen LogP contribution in [0.15, 0.2) is 18.2 Å². The number of hydrogen-bond donors (Lipinski definition) is 1. The molecule has 1 N–H and O–H groups in total. The van der Waals surface area contributed by atoms with E-state index >= 15 is 0 Å². The Hall–Kier alpha value is -0.860. The number of benzene rings is 1. The molecule has 0 aliphatic heterocycles. The Morgan fingerprint density at radius 3 is 2.16 bits per heavy atom. The van der Waals surface area contributed by atoms with Gasteiger partial charge in [-0.05, 0) is 45.7 Å². The molecule has 0 aliphatic rings. The van der Waals surface area contributed by atoms with E-state index in [0.29, 0.717) is 0 Å². The summed E-state index contributed by atoms with van der Waals surface area (Å²) in [6.07, 6.45) is 2.11. The van der Waals surface area contributed by atoms with Crippen LogP contribution in [-0.4, -0.2) is 19.3 Å². The van der Waals surface area contributed by atoms with Crippen LogP contribution in [0.25, 0.3) is 0 Å². The van der Waals surface area contributed by atoms with Gasteiger partial charge in [0.05, 0.1) is 11.6 Å². The van der Waals surface area contributed by atoms with Crippen molar-refractivity contribution in [3.63, 3.8) is 0 Å². The first-order chi connectivity index (χ1) is 8.96. The van der Waals surface area contributed by atoms with Crippen molar-refractivity contribution in [1.82, 2.24) is 5.32 Å². The number of hydrogen-bond acceptors (Lipinski definition) is 2. The fraction of sp³-hybridized carbons (Fsp3) is 0.647. The molecule has 2 heteroatoms. The maximum atomic E-state index is 5.82. The highest BCUT2D eigenvalue weighted by Gasteiger charge is 2.33. The molecule has 0 radical (unpaired) electrons. The van der Waals surface area contributed by atoms with Crippen molar-refractivity contribution in [2.24, 2.45) is 0 Å². The minimum absolute atomic E-state index is 0.171. The lowest BCUT2D eigenvalue weighted by Crippen LogP contribution is -2.43. The Balaban J connectivity index is 3.14. The van der Waals surface area contributed by atoms with Gasteiger partial charge in [-0.25, -0.2) is 0 Å². The zero-order chi connectivity index (χ0) is 14.5. The van der Waals surface area contributed by atoms with E-state index in [1.807, 2.05) is 7.11 Å². The van der Waals surface area contributed by atoms with Crippen molar-refractivity contribution < 1.29 is 4.74 Å². The SMILES string of the molecule is CCCNC(c1cc(C)cc(C)c1)C(C)(CC)OC. The molecular weight excluding hydrogens is 234 g/mol. The quantitative estimate of drug-likeness (QED) is 0.797. The van der Waals surface area contributed by atoms with Crippen molar-refractivity contribution in [3.05, 3.63) is 34.9 Å². The Kier molecular flexibility index (Phi) is 6.02. The number of methoxy groups -OCH3 is 1. The van der Waals surface area contributed by atoms with Crippen molar-refractivity contribution in [2.75, 3.05) is 13.7 Å². The predicted octanol–water partition coefficient (Wildman–Crippen LogP) is 4.16. The summed E-state index contributed by atoms with van der Waals surface area (Å²) in [5, 5.41) is 3.66. The van der Waals surface area contributed by atoms with Gasteiger partial charge in [-0.3, -0.25) is 0 Å². The van der Waals surface area contributed by atoms with Gasteiger partial charge < -0.3 is 10.1 Å². The highest BCUT2D eigenvalue weighted by atomic mass is 16.5. The lowest BCUT2D eigenvalue weighted by Gasteiger charge is -2.37. The molecule has 0 spiro atoms. The summed E-state index contributed by atoms with van der Waals surface area (Å²) >= 11 is 0. The first kappa shape index (κ1) is 16.2. The molecule has 19 heavy (non-hydrogen) atoms. The average Bonchev–Trinajstić information content (AvgIpc) is 2.37. The van der Waals surface area contributed by atoms with Crippen LogP contribution in [0.3, 0.4) is 0 Å². The Bertz CT molecular complexity index is 376. The second kappa shape index (κ2) is 7.06. The summed E-state index contributed by atoms with van der Waals surface area (Å²) in [6.45, 7) is 11.9. The third kappa shape index (κ3) is 4.05. The van der Waals surface area contributed by atoms with Crippen LogP contribution in [0.1, 0.15) is 56.3 Å². The van der Waals surface area contributed by atoms with E-state index in [1.54, 1.807) is 0 Å². The number of aryl methyl sites for hydroxylation is 2. The molecule has 0 aromatic heterocycles. The molecule has 0 bridgehead atoms. The lowest BCUT2D eigenvalue weighted by molar-refractivity contribution is -0.0299. The van der Waals surface area contributed by atoms with Crippen LogP contribution < -0.4 is 5.32 Å². The van der Waals surface area contributed by atoms with E-state index < -0.39 is 0 Å². The normalized spacial score (nSPS) is 16.1. The van der Waals surface area contributed by atoms with Gasteiger partial charge in [-0.15, -0.1) is 0 Å². The third-order valence-corrected chi connectivity index (χ3v) is 3.95. The van der Waals surface area contributed by atoms with Gasteiger partial charge in [0.25, 0.3) is 0 Å². The maximum Gasteiger partial charge on any atom is 0.0841 e. The van der Waals surface area contributed by atoms with Crippen LogP contribution in [-0.2, 0) is 4.74 Å². The standard InChI is InChI=1S/C17H29NO/c1-7-9-18-16(17(5,8-2)19-6)15-11-13(3)10-14(4)12-15/h10-12,16,18H,7-9H2,1-6H3. The molecule has 0 amide bonds. The van der Waals surface area contributed by atoms with E-state index in [1.165, 1.54) is 16.7 Å². The van der Waals surface area contributed by atoms with Gasteiger partial charge in [0, 0.05) is 7.11 Å². The molecule has 0 fully saturated rings. The number of ether oxygens (including phenoxy) is 1. The van der Waals surface area contributed by atoms with E-state index in [0.717, 1.165) is 19.4 Å². The zero-order valence-corrected chi connectivity index (χ0v) is 13.3. The van der Waals surface area contributed by atoms with Gasteiger partial charge in [-0.2, -0.15) is 0 Å². The average molecular weight is 263 g/mol. The monoisotopic (exact) mass is 263 g/mol. The second-order valence-corrected chi connectivity index (χ2v) is 5.68. The first-order valence-corrected chi connectivity index (χ1v) is 7.33. The highest BCUT2D eigenvalue weighted by molar-refractivity contribution is 5.32. The second-order valence-electron chi connectivity index (χ2n) is 5.68. The Morgan fingerprint density at radius 2 is 1.74 bits per heavy atom. The molecule has 108 valence electrons. The summed E-state index contributed by atoms with van der Waals surface area (Å²) in [6, 6.07) is 7.00. The molecule has 1 rings (SSSR count).